The molecule has 0 spiro atoms. The molecule has 0 fully saturated rings. The molecule has 2 heterocycles. The van der Waals surface area contributed by atoms with Crippen molar-refractivity contribution in [3.05, 3.63) is 66.6 Å². The molecule has 0 aliphatic heterocycles. The van der Waals surface area contributed by atoms with Gasteiger partial charge >= 0.3 is 6.09 Å². The Morgan fingerprint density at radius 3 is 2.33 bits per heavy atom. The van der Waals surface area contributed by atoms with Crippen LogP contribution in [0.4, 0.5) is 10.5 Å². The highest BCUT2D eigenvalue weighted by Crippen LogP contribution is 2.31. The molecule has 8 nitrogen and oxygen atoms in total. The second kappa shape index (κ2) is 12.2. The molecule has 0 bridgehead atoms. The minimum absolute atomic E-state index is 0.0954. The lowest BCUT2D eigenvalue weighted by molar-refractivity contribution is 0.0623. The molecule has 174 valence electrons. The zero-order valence-corrected chi connectivity index (χ0v) is 19.6. The first-order chi connectivity index (χ1) is 15.8. The Balaban J connectivity index is 0.00000122. The van der Waals surface area contributed by atoms with E-state index in [0.717, 1.165) is 4.90 Å². The lowest BCUT2D eigenvalue weighted by Gasteiger charge is -2.17. The average Bonchev–Trinajstić information content (AvgIpc) is 2.80. The molecule has 0 saturated heterocycles. The van der Waals surface area contributed by atoms with Crippen LogP contribution in [0.25, 0.3) is 11.1 Å². The third-order valence-electron chi connectivity index (χ3n) is 4.07. The Hall–Kier alpha value is -3.94. The highest BCUT2D eigenvalue weighted by Gasteiger charge is 2.22. The summed E-state index contributed by atoms with van der Waals surface area (Å²) >= 11 is 0. The first-order valence-electron chi connectivity index (χ1n) is 10.7. The predicted molar refractivity (Wildman–Crippen MR) is 128 cm³/mol. The molecule has 0 saturated carbocycles. The van der Waals surface area contributed by atoms with Crippen LogP contribution >= 0.6 is 0 Å². The average molecular weight is 451 g/mol. The number of imide groups is 1. The van der Waals surface area contributed by atoms with Gasteiger partial charge in [0.15, 0.2) is 0 Å². The number of nitrogens with two attached hydrogens (primary N) is 1. The third-order valence-corrected chi connectivity index (χ3v) is 4.07. The summed E-state index contributed by atoms with van der Waals surface area (Å²) in [5.41, 5.74) is 7.76. The number of pyridine rings is 2. The number of hydrogen-bond donors (Lipinski definition) is 1. The van der Waals surface area contributed by atoms with Gasteiger partial charge in [0.2, 0.25) is 5.88 Å². The van der Waals surface area contributed by atoms with E-state index in [1.165, 1.54) is 19.7 Å². The molecule has 8 heteroatoms. The summed E-state index contributed by atoms with van der Waals surface area (Å²) in [4.78, 5) is 34.0. The quantitative estimate of drug-likeness (QED) is 0.508. The van der Waals surface area contributed by atoms with Crippen molar-refractivity contribution < 1.29 is 19.1 Å². The maximum atomic E-state index is 12.7. The fourth-order valence-corrected chi connectivity index (χ4v) is 2.59. The first-order valence-corrected chi connectivity index (χ1v) is 10.7. The molecule has 1 aromatic carbocycles. The van der Waals surface area contributed by atoms with Crippen LogP contribution < -0.4 is 10.5 Å². The minimum atomic E-state index is -0.740. The van der Waals surface area contributed by atoms with E-state index >= 15 is 0 Å². The van der Waals surface area contributed by atoms with E-state index < -0.39 is 12.0 Å². The van der Waals surface area contributed by atoms with Crippen molar-refractivity contribution in [1.82, 2.24) is 14.9 Å². The van der Waals surface area contributed by atoms with Crippen LogP contribution in [0.5, 0.6) is 11.6 Å². The number of ether oxygens (including phenoxy) is 2. The summed E-state index contributed by atoms with van der Waals surface area (Å²) < 4.78 is 11.0. The van der Waals surface area contributed by atoms with Crippen molar-refractivity contribution in [2.75, 3.05) is 12.8 Å². The number of hydrogen-bond acceptors (Lipinski definition) is 7. The smallest absolute Gasteiger partial charge is 0.416 e. The normalized spacial score (nSPS) is 10.1. The molecule has 2 N–H and O–H groups in total. The number of rotatable bonds is 5. The summed E-state index contributed by atoms with van der Waals surface area (Å²) in [5, 5.41) is 0. The zero-order chi connectivity index (χ0) is 24.4. The van der Waals surface area contributed by atoms with Crippen molar-refractivity contribution >= 4 is 17.7 Å². The van der Waals surface area contributed by atoms with Crippen molar-refractivity contribution in [2.24, 2.45) is 0 Å². The topological polar surface area (TPSA) is 108 Å². The largest absolute Gasteiger partial charge is 0.446 e. The lowest BCUT2D eigenvalue weighted by Crippen LogP contribution is -2.35. The molecular formula is C25H30N4O4. The molecule has 33 heavy (non-hydrogen) atoms. The molecule has 2 amide bonds. The predicted octanol–water partition coefficient (Wildman–Crippen LogP) is 5.55. The van der Waals surface area contributed by atoms with Gasteiger partial charge < -0.3 is 15.2 Å². The van der Waals surface area contributed by atoms with Gasteiger partial charge in [-0.3, -0.25) is 9.78 Å². The second-order valence-electron chi connectivity index (χ2n) is 7.46. The van der Waals surface area contributed by atoms with Crippen molar-refractivity contribution in [1.29, 1.82) is 0 Å². The van der Waals surface area contributed by atoms with Gasteiger partial charge in [-0.2, -0.15) is 0 Å². The summed E-state index contributed by atoms with van der Waals surface area (Å²) in [5.74, 6) is 0.359. The summed E-state index contributed by atoms with van der Waals surface area (Å²) in [6, 6.07) is 13.8. The Labute approximate surface area is 194 Å². The van der Waals surface area contributed by atoms with E-state index in [1.807, 2.05) is 6.07 Å². The summed E-state index contributed by atoms with van der Waals surface area (Å²) in [7, 11) is 1.35. The van der Waals surface area contributed by atoms with E-state index in [9.17, 15) is 9.59 Å². The number of anilines is 1. The van der Waals surface area contributed by atoms with Gasteiger partial charge in [-0.05, 0) is 67.9 Å². The molecule has 2 aromatic heterocycles. The van der Waals surface area contributed by atoms with Gasteiger partial charge in [0, 0.05) is 30.7 Å². The van der Waals surface area contributed by atoms with Crippen LogP contribution in [0.1, 0.15) is 44.6 Å². The van der Waals surface area contributed by atoms with Crippen LogP contribution in [0.3, 0.4) is 0 Å². The van der Waals surface area contributed by atoms with Gasteiger partial charge in [-0.25, -0.2) is 14.7 Å². The highest BCUT2D eigenvalue weighted by atomic mass is 16.6. The fourth-order valence-electron chi connectivity index (χ4n) is 2.59. The minimum Gasteiger partial charge on any atom is -0.446 e. The molecule has 3 aromatic rings. The van der Waals surface area contributed by atoms with Crippen molar-refractivity contribution in [3.8, 4) is 22.8 Å². The van der Waals surface area contributed by atoms with Crippen LogP contribution in [-0.4, -0.2) is 40.0 Å². The molecule has 0 aliphatic rings. The van der Waals surface area contributed by atoms with Gasteiger partial charge in [0.05, 0.1) is 6.10 Å². The Kier molecular flexibility index (Phi) is 9.35. The van der Waals surface area contributed by atoms with Gasteiger partial charge in [-0.15, -0.1) is 0 Å². The van der Waals surface area contributed by atoms with Crippen molar-refractivity contribution in [3.63, 3.8) is 0 Å². The SMILES string of the molecule is CC(C)OC(=O)N(C)C(=O)c1cc(-c2cccnc2Oc2ccc(N)cc2)ccn1.CCC. The van der Waals surface area contributed by atoms with Crippen LogP contribution in [0, 0.1) is 0 Å². The molecule has 0 radical (unpaired) electrons. The fraction of sp³-hybridized carbons (Fsp3) is 0.280. The summed E-state index contributed by atoms with van der Waals surface area (Å²) in [6.07, 6.45) is 3.27. The number of aromatic nitrogens is 2. The summed E-state index contributed by atoms with van der Waals surface area (Å²) in [6.45, 7) is 7.67. The number of carbonyl (C=O) groups is 2. The molecule has 0 atom stereocenters. The molecule has 3 rings (SSSR count). The van der Waals surface area contributed by atoms with E-state index in [2.05, 4.69) is 23.8 Å². The van der Waals surface area contributed by atoms with Gasteiger partial charge in [-0.1, -0.05) is 20.3 Å². The Bertz CT molecular complexity index is 1070. The monoisotopic (exact) mass is 450 g/mol. The van der Waals surface area contributed by atoms with E-state index in [4.69, 9.17) is 15.2 Å². The third kappa shape index (κ3) is 7.31. The van der Waals surface area contributed by atoms with E-state index in [1.54, 1.807) is 62.5 Å². The number of benzene rings is 1. The van der Waals surface area contributed by atoms with Gasteiger partial charge in [0.25, 0.3) is 5.91 Å². The Morgan fingerprint density at radius 1 is 1.03 bits per heavy atom. The maximum Gasteiger partial charge on any atom is 0.416 e. The number of nitrogens with zero attached hydrogens (tertiary/aromatic N) is 3. The standard InChI is InChI=1S/C22H22N4O4.C3H8/c1-14(2)29-22(28)26(3)21(27)19-13-15(10-12-24-19)18-5-4-11-25-20(18)30-17-8-6-16(23)7-9-17;1-3-2/h4-14H,23H2,1-3H3;3H2,1-2H3. The van der Waals surface area contributed by atoms with Crippen LogP contribution in [0.15, 0.2) is 60.9 Å². The molecule has 0 aliphatic carbocycles. The van der Waals surface area contributed by atoms with E-state index in [0.29, 0.717) is 28.4 Å². The number of nitrogen functional groups attached to an aromatic ring is 1. The van der Waals surface area contributed by atoms with Crippen molar-refractivity contribution in [2.45, 2.75) is 40.2 Å². The first kappa shape index (κ1) is 25.3. The number of amides is 2. The zero-order valence-electron chi connectivity index (χ0n) is 19.6. The number of carbonyl (C=O) groups excluding carboxylic acids is 2. The Morgan fingerprint density at radius 2 is 1.70 bits per heavy atom. The van der Waals surface area contributed by atoms with Gasteiger partial charge in [0.1, 0.15) is 11.4 Å². The highest BCUT2D eigenvalue weighted by molar-refractivity contribution is 6.02. The van der Waals surface area contributed by atoms with E-state index in [-0.39, 0.29) is 11.8 Å². The van der Waals surface area contributed by atoms with Crippen LogP contribution in [0.2, 0.25) is 0 Å². The van der Waals surface area contributed by atoms with Crippen LogP contribution in [-0.2, 0) is 4.74 Å². The maximum absolute atomic E-state index is 12.7. The second-order valence-corrected chi connectivity index (χ2v) is 7.46. The lowest BCUT2D eigenvalue weighted by atomic mass is 10.1. The molecule has 0 unspecified atom stereocenters. The molecular weight excluding hydrogens is 420 g/mol.